The molecule has 1 heteroatoms. The summed E-state index contributed by atoms with van der Waals surface area (Å²) in [6.45, 7) is 9.06. The van der Waals surface area contributed by atoms with Crippen molar-refractivity contribution in [2.45, 2.75) is 33.1 Å². The normalized spacial score (nSPS) is 10.8. The van der Waals surface area contributed by atoms with Crippen molar-refractivity contribution in [1.82, 2.24) is 4.90 Å². The first-order valence-electron chi connectivity index (χ1n) is 4.98. The van der Waals surface area contributed by atoms with Gasteiger partial charge in [-0.1, -0.05) is 26.0 Å². The smallest absolute Gasteiger partial charge is 0.0166 e. The van der Waals surface area contributed by atoms with E-state index in [4.69, 9.17) is 0 Å². The van der Waals surface area contributed by atoms with E-state index >= 15 is 0 Å². The molecule has 0 aromatic heterocycles. The Balaban J connectivity index is 4.10. The van der Waals surface area contributed by atoms with Crippen LogP contribution < -0.4 is 0 Å². The number of nitrogens with zero attached hydrogens (tertiary/aromatic N) is 1. The van der Waals surface area contributed by atoms with Crippen LogP contribution in [0, 0.1) is 0 Å². The van der Waals surface area contributed by atoms with Gasteiger partial charge in [0.25, 0.3) is 0 Å². The van der Waals surface area contributed by atoms with E-state index in [1.807, 2.05) is 6.08 Å². The molecule has 0 aliphatic rings. The van der Waals surface area contributed by atoms with Gasteiger partial charge in [0.15, 0.2) is 0 Å². The molecule has 0 unspecified atom stereocenters. The summed E-state index contributed by atoms with van der Waals surface area (Å²) in [7, 11) is 2.12. The van der Waals surface area contributed by atoms with Crippen molar-refractivity contribution < 1.29 is 0 Å². The van der Waals surface area contributed by atoms with E-state index in [2.05, 4.69) is 44.3 Å². The maximum atomic E-state index is 3.56. The first kappa shape index (κ1) is 12.1. The summed E-state index contributed by atoms with van der Waals surface area (Å²) in [5.74, 6) is 0. The van der Waals surface area contributed by atoms with Gasteiger partial charge in [-0.05, 0) is 31.5 Å². The van der Waals surface area contributed by atoms with Gasteiger partial charge in [-0.3, -0.25) is 0 Å². The number of rotatable bonds is 6. The van der Waals surface area contributed by atoms with Gasteiger partial charge >= 0.3 is 0 Å². The Bertz CT molecular complexity index is 197. The summed E-state index contributed by atoms with van der Waals surface area (Å²) in [6, 6.07) is 0. The molecule has 0 aromatic rings. The summed E-state index contributed by atoms with van der Waals surface area (Å²) >= 11 is 0. The third-order valence-corrected chi connectivity index (χ3v) is 1.94. The van der Waals surface area contributed by atoms with Crippen LogP contribution in [0.5, 0.6) is 0 Å². The number of hydrogen-bond acceptors (Lipinski definition) is 1. The quantitative estimate of drug-likeness (QED) is 0.565. The average Bonchev–Trinajstić information content (AvgIpc) is 2.12. The van der Waals surface area contributed by atoms with E-state index in [0.29, 0.717) is 0 Å². The Morgan fingerprint density at radius 1 is 1.46 bits per heavy atom. The van der Waals surface area contributed by atoms with E-state index < -0.39 is 0 Å². The molecule has 0 atom stereocenters. The fourth-order valence-corrected chi connectivity index (χ4v) is 1.22. The number of allylic oxidation sites excluding steroid dienone is 2. The fraction of sp³-hybridized carbons (Fsp3) is 0.583. The van der Waals surface area contributed by atoms with Crippen molar-refractivity contribution in [2.24, 2.45) is 0 Å². The van der Waals surface area contributed by atoms with Gasteiger partial charge < -0.3 is 4.90 Å². The van der Waals surface area contributed by atoms with Crippen LogP contribution >= 0.6 is 0 Å². The first-order valence-corrected chi connectivity index (χ1v) is 4.98. The Hall–Kier alpha value is -0.940. The van der Waals surface area contributed by atoms with Crippen molar-refractivity contribution in [3.8, 4) is 0 Å². The summed E-state index contributed by atoms with van der Waals surface area (Å²) in [4.78, 5) is 2.25. The van der Waals surface area contributed by atoms with Gasteiger partial charge in [0.05, 0.1) is 0 Å². The molecule has 74 valence electrons. The Labute approximate surface area is 82.4 Å². The monoisotopic (exact) mass is 179 g/mol. The lowest BCUT2D eigenvalue weighted by molar-refractivity contribution is 0.449. The molecule has 0 fully saturated rings. The minimum absolute atomic E-state index is 0.980. The third-order valence-electron chi connectivity index (χ3n) is 1.94. The zero-order valence-corrected chi connectivity index (χ0v) is 9.14. The molecule has 0 saturated carbocycles. The van der Waals surface area contributed by atoms with Crippen molar-refractivity contribution in [2.75, 3.05) is 13.6 Å². The molecule has 0 bridgehead atoms. The van der Waals surface area contributed by atoms with Gasteiger partial charge in [-0.2, -0.15) is 0 Å². The molecule has 0 aliphatic heterocycles. The molecule has 13 heavy (non-hydrogen) atoms. The van der Waals surface area contributed by atoms with Gasteiger partial charge in [-0.25, -0.2) is 0 Å². The predicted octanol–water partition coefficient (Wildman–Crippen LogP) is 3.35. The summed E-state index contributed by atoms with van der Waals surface area (Å²) < 4.78 is 0. The molecule has 0 amide bonds. The predicted molar refractivity (Wildman–Crippen MR) is 59.6 cm³/mol. The second-order valence-electron chi connectivity index (χ2n) is 3.23. The molecular weight excluding hydrogens is 158 g/mol. The Morgan fingerprint density at radius 2 is 2.15 bits per heavy atom. The largest absolute Gasteiger partial charge is 0.380 e. The van der Waals surface area contributed by atoms with Crippen LogP contribution in [0.2, 0.25) is 0 Å². The van der Waals surface area contributed by atoms with E-state index in [0.717, 1.165) is 19.4 Å². The summed E-state index contributed by atoms with van der Waals surface area (Å²) in [6.07, 6.45) is 7.49. The molecule has 0 radical (unpaired) electrons. The highest BCUT2D eigenvalue weighted by atomic mass is 15.1. The van der Waals surface area contributed by atoms with Crippen LogP contribution in [-0.4, -0.2) is 18.5 Å². The average molecular weight is 179 g/mol. The summed E-state index contributed by atoms with van der Waals surface area (Å²) in [5.41, 5.74) is 4.24. The van der Waals surface area contributed by atoms with Crippen LogP contribution in [-0.2, 0) is 0 Å². The van der Waals surface area contributed by atoms with Gasteiger partial charge in [0.2, 0.25) is 0 Å². The van der Waals surface area contributed by atoms with E-state index in [9.17, 15) is 0 Å². The second-order valence-corrected chi connectivity index (χ2v) is 3.23. The molecule has 0 spiro atoms. The van der Waals surface area contributed by atoms with E-state index in [-0.39, 0.29) is 0 Å². The van der Waals surface area contributed by atoms with Crippen molar-refractivity contribution in [3.63, 3.8) is 0 Å². The standard InChI is InChI=1S/C12H21N/c1-5-8-9-12(7-3)11-13(4)10-6-2/h8,11H,1,6-7,9-10H2,2-4H3. The van der Waals surface area contributed by atoms with Crippen LogP contribution in [0.3, 0.4) is 0 Å². The van der Waals surface area contributed by atoms with Crippen molar-refractivity contribution in [3.05, 3.63) is 30.2 Å². The molecule has 0 N–H and O–H groups in total. The highest BCUT2D eigenvalue weighted by molar-refractivity contribution is 5.05. The van der Waals surface area contributed by atoms with Crippen LogP contribution in [0.1, 0.15) is 33.1 Å². The molecular formula is C12H21N. The van der Waals surface area contributed by atoms with E-state index in [1.54, 1.807) is 0 Å². The maximum absolute atomic E-state index is 3.56. The van der Waals surface area contributed by atoms with E-state index in [1.165, 1.54) is 12.0 Å². The van der Waals surface area contributed by atoms with Gasteiger partial charge in [0, 0.05) is 13.6 Å². The van der Waals surface area contributed by atoms with Crippen LogP contribution in [0.15, 0.2) is 30.2 Å². The zero-order valence-electron chi connectivity index (χ0n) is 9.14. The van der Waals surface area contributed by atoms with Gasteiger partial charge in [0.1, 0.15) is 0 Å². The van der Waals surface area contributed by atoms with Crippen LogP contribution in [0.25, 0.3) is 0 Å². The lowest BCUT2D eigenvalue weighted by Gasteiger charge is -2.14. The Morgan fingerprint density at radius 3 is 2.62 bits per heavy atom. The fourth-order valence-electron chi connectivity index (χ4n) is 1.22. The molecule has 0 saturated heterocycles. The molecule has 0 heterocycles. The number of hydrogen-bond donors (Lipinski definition) is 0. The summed E-state index contributed by atoms with van der Waals surface area (Å²) in [5, 5.41) is 0. The highest BCUT2D eigenvalue weighted by Crippen LogP contribution is 2.08. The zero-order chi connectivity index (χ0) is 10.1. The van der Waals surface area contributed by atoms with Crippen LogP contribution in [0.4, 0.5) is 0 Å². The minimum Gasteiger partial charge on any atom is -0.380 e. The highest BCUT2D eigenvalue weighted by Gasteiger charge is 1.94. The second kappa shape index (κ2) is 7.70. The molecule has 0 aliphatic carbocycles. The third kappa shape index (κ3) is 6.24. The minimum atomic E-state index is 0.980. The topological polar surface area (TPSA) is 3.24 Å². The lowest BCUT2D eigenvalue weighted by atomic mass is 10.1. The van der Waals surface area contributed by atoms with Crippen molar-refractivity contribution >= 4 is 0 Å². The SMILES string of the molecule is C=C=CCC(=CN(C)CCC)CC. The molecule has 1 nitrogen and oxygen atoms in total. The molecule has 0 rings (SSSR count). The maximum Gasteiger partial charge on any atom is 0.0166 e. The lowest BCUT2D eigenvalue weighted by Crippen LogP contribution is -2.12. The van der Waals surface area contributed by atoms with Crippen molar-refractivity contribution in [1.29, 1.82) is 0 Å². The Kier molecular flexibility index (Phi) is 7.14. The first-order chi connectivity index (χ1) is 6.24. The molecule has 0 aromatic carbocycles. The van der Waals surface area contributed by atoms with Gasteiger partial charge in [-0.15, -0.1) is 5.73 Å².